The summed E-state index contributed by atoms with van der Waals surface area (Å²) in [6.45, 7) is 2.24. The molecule has 0 aliphatic carbocycles. The number of halogens is 1. The summed E-state index contributed by atoms with van der Waals surface area (Å²) in [5.41, 5.74) is 0.334. The molecule has 0 saturated carbocycles. The maximum atomic E-state index is 12.4. The van der Waals surface area contributed by atoms with E-state index in [0.717, 1.165) is 18.7 Å². The number of benzene rings is 1. The third-order valence-electron chi connectivity index (χ3n) is 3.92. The fourth-order valence-electron chi connectivity index (χ4n) is 2.74. The van der Waals surface area contributed by atoms with E-state index in [9.17, 15) is 4.79 Å². The largest absolute Gasteiger partial charge is 0.496 e. The Balaban J connectivity index is 1.58. The highest BCUT2D eigenvalue weighted by Crippen LogP contribution is 2.31. The first kappa shape index (κ1) is 16.7. The normalized spacial score (nSPS) is 20.1. The van der Waals surface area contributed by atoms with E-state index >= 15 is 0 Å². The van der Waals surface area contributed by atoms with E-state index in [2.05, 4.69) is 20.5 Å². The van der Waals surface area contributed by atoms with Crippen LogP contribution in [-0.2, 0) is 4.74 Å². The van der Waals surface area contributed by atoms with E-state index in [-0.39, 0.29) is 18.1 Å². The van der Waals surface area contributed by atoms with Crippen LogP contribution in [0.3, 0.4) is 0 Å². The van der Waals surface area contributed by atoms with Crippen molar-refractivity contribution >= 4 is 17.5 Å². The van der Waals surface area contributed by atoms with Gasteiger partial charge in [0.2, 0.25) is 0 Å². The first-order chi connectivity index (χ1) is 11.6. The van der Waals surface area contributed by atoms with E-state index in [4.69, 9.17) is 21.1 Å². The molecule has 1 aliphatic rings. The van der Waals surface area contributed by atoms with Gasteiger partial charge in [0.1, 0.15) is 17.7 Å². The predicted octanol–water partition coefficient (Wildman–Crippen LogP) is 2.43. The van der Waals surface area contributed by atoms with Crippen LogP contribution in [0.1, 0.15) is 41.0 Å². The highest BCUT2D eigenvalue weighted by molar-refractivity contribution is 6.34. The summed E-state index contributed by atoms with van der Waals surface area (Å²) in [7, 11) is 1.51. The summed E-state index contributed by atoms with van der Waals surface area (Å²) < 4.78 is 11.1. The molecule has 2 N–H and O–H groups in total. The zero-order chi connectivity index (χ0) is 17.1. The molecule has 1 saturated heterocycles. The third-order valence-corrected chi connectivity index (χ3v) is 4.24. The van der Waals surface area contributed by atoms with Gasteiger partial charge < -0.3 is 14.8 Å². The standard InChI is InChI=1S/C16H19ClN4O3/c1-9-19-15(21-20-9)13-7-6-10(24-13)8-18-16(22)14-11(17)4-3-5-12(14)23-2/h3-5,10,13H,6-8H2,1-2H3,(H,18,22)(H,19,20,21)/t10-,13+/m1/s1. The fraction of sp³-hybridized carbons (Fsp3) is 0.438. The van der Waals surface area contributed by atoms with Crippen LogP contribution in [0.5, 0.6) is 5.75 Å². The van der Waals surface area contributed by atoms with Crippen LogP contribution in [-0.4, -0.2) is 40.8 Å². The first-order valence-electron chi connectivity index (χ1n) is 7.73. The Bertz CT molecular complexity index is 734. The Morgan fingerprint density at radius 3 is 3.04 bits per heavy atom. The minimum Gasteiger partial charge on any atom is -0.496 e. The van der Waals surface area contributed by atoms with E-state index < -0.39 is 0 Å². The summed E-state index contributed by atoms with van der Waals surface area (Å²) in [5, 5.41) is 10.1. The molecule has 3 rings (SSSR count). The SMILES string of the molecule is COc1cccc(Cl)c1C(=O)NC[C@H]1CC[C@@H](c2n[nH]c(C)n2)O1. The molecule has 24 heavy (non-hydrogen) atoms. The van der Waals surface area contributed by atoms with E-state index in [1.165, 1.54) is 7.11 Å². The van der Waals surface area contributed by atoms with Crippen molar-refractivity contribution in [3.8, 4) is 5.75 Å². The van der Waals surface area contributed by atoms with Gasteiger partial charge in [-0.25, -0.2) is 4.98 Å². The number of carbonyl (C=O) groups excluding carboxylic acids is 1. The van der Waals surface area contributed by atoms with Crippen LogP contribution in [0.25, 0.3) is 0 Å². The van der Waals surface area contributed by atoms with Crippen molar-refractivity contribution in [1.29, 1.82) is 0 Å². The Morgan fingerprint density at radius 1 is 1.50 bits per heavy atom. The number of amides is 1. The van der Waals surface area contributed by atoms with Gasteiger partial charge in [-0.3, -0.25) is 9.89 Å². The Kier molecular flexibility index (Phi) is 5.01. The lowest BCUT2D eigenvalue weighted by molar-refractivity contribution is 0.0392. The van der Waals surface area contributed by atoms with Gasteiger partial charge in [-0.15, -0.1) is 0 Å². The molecular weight excluding hydrogens is 332 g/mol. The van der Waals surface area contributed by atoms with Crippen LogP contribution in [0.4, 0.5) is 0 Å². The number of rotatable bonds is 5. The molecular formula is C16H19ClN4O3. The molecule has 2 atom stereocenters. The highest BCUT2D eigenvalue weighted by atomic mass is 35.5. The highest BCUT2D eigenvalue weighted by Gasteiger charge is 2.29. The smallest absolute Gasteiger partial charge is 0.256 e. The minimum atomic E-state index is -0.279. The molecule has 0 radical (unpaired) electrons. The lowest BCUT2D eigenvalue weighted by Crippen LogP contribution is -2.32. The van der Waals surface area contributed by atoms with E-state index in [1.807, 2.05) is 6.92 Å². The first-order valence-corrected chi connectivity index (χ1v) is 8.11. The number of hydrogen-bond donors (Lipinski definition) is 2. The van der Waals surface area contributed by atoms with Crippen LogP contribution in [0, 0.1) is 6.92 Å². The van der Waals surface area contributed by atoms with Crippen molar-refractivity contribution in [3.05, 3.63) is 40.4 Å². The van der Waals surface area contributed by atoms with Gasteiger partial charge in [0, 0.05) is 6.54 Å². The monoisotopic (exact) mass is 350 g/mol. The van der Waals surface area contributed by atoms with Crippen molar-refractivity contribution in [2.24, 2.45) is 0 Å². The van der Waals surface area contributed by atoms with Crippen LogP contribution >= 0.6 is 11.6 Å². The molecule has 1 aliphatic heterocycles. The summed E-state index contributed by atoms with van der Waals surface area (Å²) in [6.07, 6.45) is 1.45. The molecule has 2 heterocycles. The number of aromatic amines is 1. The van der Waals surface area contributed by atoms with Crippen LogP contribution in [0.15, 0.2) is 18.2 Å². The van der Waals surface area contributed by atoms with Crippen LogP contribution < -0.4 is 10.1 Å². The van der Waals surface area contributed by atoms with Crippen molar-refractivity contribution in [3.63, 3.8) is 0 Å². The lowest BCUT2D eigenvalue weighted by Gasteiger charge is -2.14. The second kappa shape index (κ2) is 7.19. The maximum Gasteiger partial charge on any atom is 0.256 e. The van der Waals surface area contributed by atoms with Gasteiger partial charge in [0.15, 0.2) is 5.82 Å². The zero-order valence-corrected chi connectivity index (χ0v) is 14.3. The van der Waals surface area contributed by atoms with E-state index in [0.29, 0.717) is 28.7 Å². The average molecular weight is 351 g/mol. The maximum absolute atomic E-state index is 12.4. The van der Waals surface area contributed by atoms with Gasteiger partial charge in [-0.2, -0.15) is 5.10 Å². The molecule has 0 bridgehead atoms. The summed E-state index contributed by atoms with van der Waals surface area (Å²) in [6, 6.07) is 5.10. The molecule has 0 unspecified atom stereocenters. The fourth-order valence-corrected chi connectivity index (χ4v) is 2.99. The number of hydrogen-bond acceptors (Lipinski definition) is 5. The second-order valence-electron chi connectivity index (χ2n) is 5.63. The molecule has 2 aromatic rings. The molecule has 7 nitrogen and oxygen atoms in total. The van der Waals surface area contributed by atoms with Crippen molar-refractivity contribution in [2.45, 2.75) is 32.0 Å². The summed E-state index contributed by atoms with van der Waals surface area (Å²) in [4.78, 5) is 16.7. The molecule has 128 valence electrons. The molecule has 1 aromatic carbocycles. The molecule has 1 amide bonds. The molecule has 1 aromatic heterocycles. The number of nitrogens with one attached hydrogen (secondary N) is 2. The van der Waals surface area contributed by atoms with Crippen molar-refractivity contribution in [1.82, 2.24) is 20.5 Å². The molecule has 8 heteroatoms. The molecule has 1 fully saturated rings. The van der Waals surface area contributed by atoms with Crippen LogP contribution in [0.2, 0.25) is 5.02 Å². The van der Waals surface area contributed by atoms with Gasteiger partial charge >= 0.3 is 0 Å². The van der Waals surface area contributed by atoms with Gasteiger partial charge in [-0.05, 0) is 31.9 Å². The number of carbonyl (C=O) groups is 1. The third kappa shape index (κ3) is 3.52. The van der Waals surface area contributed by atoms with Gasteiger partial charge in [-0.1, -0.05) is 17.7 Å². The van der Waals surface area contributed by atoms with Gasteiger partial charge in [0.25, 0.3) is 5.91 Å². The van der Waals surface area contributed by atoms with Crippen molar-refractivity contribution in [2.75, 3.05) is 13.7 Å². The number of nitrogens with zero attached hydrogens (tertiary/aromatic N) is 2. The Labute approximate surface area is 144 Å². The van der Waals surface area contributed by atoms with E-state index in [1.54, 1.807) is 18.2 Å². The molecule has 0 spiro atoms. The number of methoxy groups -OCH3 is 1. The number of ether oxygens (including phenoxy) is 2. The quantitative estimate of drug-likeness (QED) is 0.864. The van der Waals surface area contributed by atoms with Gasteiger partial charge in [0.05, 0.1) is 23.8 Å². The minimum absolute atomic E-state index is 0.0776. The Morgan fingerprint density at radius 2 is 2.33 bits per heavy atom. The lowest BCUT2D eigenvalue weighted by atomic mass is 10.1. The second-order valence-corrected chi connectivity index (χ2v) is 6.04. The number of aryl methyl sites for hydroxylation is 1. The Hall–Kier alpha value is -2.12. The number of H-pyrrole nitrogens is 1. The summed E-state index contributed by atoms with van der Waals surface area (Å²) in [5.74, 6) is 1.59. The summed E-state index contributed by atoms with van der Waals surface area (Å²) >= 11 is 6.11. The zero-order valence-electron chi connectivity index (χ0n) is 13.5. The average Bonchev–Trinajstić information content (AvgIpc) is 3.21. The topological polar surface area (TPSA) is 89.1 Å². The van der Waals surface area contributed by atoms with Crippen molar-refractivity contribution < 1.29 is 14.3 Å². The predicted molar refractivity (Wildman–Crippen MR) is 88.3 cm³/mol. The number of aromatic nitrogens is 3.